The minimum absolute atomic E-state index is 0.222. The van der Waals surface area contributed by atoms with E-state index in [9.17, 15) is 4.79 Å². The van der Waals surface area contributed by atoms with Gasteiger partial charge < -0.3 is 4.74 Å². The molecule has 0 fully saturated rings. The third kappa shape index (κ3) is 2.27. The van der Waals surface area contributed by atoms with Crippen molar-refractivity contribution in [1.82, 2.24) is 10.2 Å². The predicted octanol–water partition coefficient (Wildman–Crippen LogP) is 1.42. The van der Waals surface area contributed by atoms with Gasteiger partial charge in [0.25, 0.3) is 0 Å². The lowest BCUT2D eigenvalue weighted by atomic mass is 10.4. The average molecular weight is 231 g/mol. The summed E-state index contributed by atoms with van der Waals surface area (Å²) < 4.78 is 5.30. The van der Waals surface area contributed by atoms with Crippen molar-refractivity contribution in [2.24, 2.45) is 0 Å². The molecule has 0 aliphatic carbocycles. The fourth-order valence-electron chi connectivity index (χ4n) is 0.630. The predicted molar refractivity (Wildman–Crippen MR) is 45.7 cm³/mol. The largest absolute Gasteiger partial charge is 0.461 e. The van der Waals surface area contributed by atoms with Crippen molar-refractivity contribution >= 4 is 21.9 Å². The summed E-state index contributed by atoms with van der Waals surface area (Å²) in [4.78, 5) is 11.0. The fraction of sp³-hybridized carbons (Fsp3) is 0.286. The highest BCUT2D eigenvalue weighted by molar-refractivity contribution is 9.10. The zero-order chi connectivity index (χ0) is 8.97. The Morgan fingerprint density at radius 2 is 2.33 bits per heavy atom. The summed E-state index contributed by atoms with van der Waals surface area (Å²) in [6, 6.07) is 3.19. The van der Waals surface area contributed by atoms with Crippen LogP contribution in [0.4, 0.5) is 0 Å². The van der Waals surface area contributed by atoms with Crippen molar-refractivity contribution < 1.29 is 9.53 Å². The van der Waals surface area contributed by atoms with Gasteiger partial charge >= 0.3 is 5.97 Å². The summed E-state index contributed by atoms with van der Waals surface area (Å²) in [6.45, 7) is 2.08. The molecule has 0 atom stereocenters. The van der Waals surface area contributed by atoms with Crippen molar-refractivity contribution in [1.29, 1.82) is 0 Å². The molecule has 0 amide bonds. The second-order valence-corrected chi connectivity index (χ2v) is 2.77. The van der Waals surface area contributed by atoms with Crippen LogP contribution in [0.15, 0.2) is 16.7 Å². The van der Waals surface area contributed by atoms with E-state index in [2.05, 4.69) is 26.1 Å². The monoisotopic (exact) mass is 230 g/mol. The maximum absolute atomic E-state index is 11.0. The van der Waals surface area contributed by atoms with Crippen LogP contribution in [-0.4, -0.2) is 22.8 Å². The molecule has 0 spiro atoms. The van der Waals surface area contributed by atoms with Crippen molar-refractivity contribution in [3.8, 4) is 0 Å². The number of nitrogens with zero attached hydrogens (tertiary/aromatic N) is 2. The van der Waals surface area contributed by atoms with E-state index in [0.717, 1.165) is 0 Å². The lowest BCUT2D eigenvalue weighted by Crippen LogP contribution is -2.07. The number of hydrogen-bond donors (Lipinski definition) is 0. The van der Waals surface area contributed by atoms with Crippen LogP contribution in [0, 0.1) is 0 Å². The molecule has 0 aliphatic rings. The molecule has 0 bridgehead atoms. The molecule has 64 valence electrons. The molecule has 0 aliphatic heterocycles. The molecule has 0 radical (unpaired) electrons. The summed E-state index contributed by atoms with van der Waals surface area (Å²) in [6.07, 6.45) is 0. The van der Waals surface area contributed by atoms with Gasteiger partial charge in [-0.15, -0.1) is 10.2 Å². The van der Waals surface area contributed by atoms with Crippen molar-refractivity contribution in [2.45, 2.75) is 6.92 Å². The number of carbonyl (C=O) groups is 1. The van der Waals surface area contributed by atoms with Gasteiger partial charge in [0.05, 0.1) is 6.61 Å². The molecule has 0 aromatic carbocycles. The smallest absolute Gasteiger partial charge is 0.358 e. The third-order valence-corrected chi connectivity index (χ3v) is 1.54. The summed E-state index contributed by atoms with van der Waals surface area (Å²) in [5.41, 5.74) is 0.222. The first-order valence-corrected chi connectivity index (χ1v) is 4.19. The molecule has 12 heavy (non-hydrogen) atoms. The van der Waals surface area contributed by atoms with Gasteiger partial charge in [0.1, 0.15) is 4.60 Å². The Labute approximate surface area is 78.1 Å². The Hall–Kier alpha value is -0.970. The van der Waals surface area contributed by atoms with E-state index in [1.165, 1.54) is 0 Å². The maximum atomic E-state index is 11.0. The van der Waals surface area contributed by atoms with Crippen LogP contribution in [-0.2, 0) is 4.74 Å². The second kappa shape index (κ2) is 4.15. The Kier molecular flexibility index (Phi) is 3.16. The number of rotatable bonds is 2. The summed E-state index contributed by atoms with van der Waals surface area (Å²) in [5, 5.41) is 7.27. The van der Waals surface area contributed by atoms with Gasteiger partial charge in [0.2, 0.25) is 0 Å². The van der Waals surface area contributed by atoms with E-state index in [0.29, 0.717) is 11.2 Å². The van der Waals surface area contributed by atoms with Crippen molar-refractivity contribution in [3.05, 3.63) is 22.4 Å². The molecule has 1 rings (SSSR count). The Bertz CT molecular complexity index is 273. The first kappa shape index (κ1) is 9.12. The minimum Gasteiger partial charge on any atom is -0.461 e. The Balaban J connectivity index is 2.75. The zero-order valence-corrected chi connectivity index (χ0v) is 8.04. The third-order valence-electron chi connectivity index (χ3n) is 1.12. The topological polar surface area (TPSA) is 52.1 Å². The Morgan fingerprint density at radius 3 is 2.83 bits per heavy atom. The van der Waals surface area contributed by atoms with Gasteiger partial charge in [-0.3, -0.25) is 0 Å². The molecular formula is C7H7BrN2O2. The maximum Gasteiger partial charge on any atom is 0.358 e. The van der Waals surface area contributed by atoms with E-state index in [-0.39, 0.29) is 5.69 Å². The van der Waals surface area contributed by atoms with Gasteiger partial charge in [-0.25, -0.2) is 4.79 Å². The van der Waals surface area contributed by atoms with E-state index < -0.39 is 5.97 Å². The number of halogens is 1. The van der Waals surface area contributed by atoms with Crippen LogP contribution >= 0.6 is 15.9 Å². The van der Waals surface area contributed by atoms with Crippen molar-refractivity contribution in [2.75, 3.05) is 6.61 Å². The molecular weight excluding hydrogens is 224 g/mol. The van der Waals surface area contributed by atoms with Gasteiger partial charge in [0.15, 0.2) is 5.69 Å². The molecule has 0 saturated carbocycles. The lowest BCUT2D eigenvalue weighted by molar-refractivity contribution is 0.0518. The Morgan fingerprint density at radius 1 is 1.58 bits per heavy atom. The van der Waals surface area contributed by atoms with Crippen LogP contribution in [0.3, 0.4) is 0 Å². The summed E-state index contributed by atoms with van der Waals surface area (Å²) >= 11 is 3.11. The van der Waals surface area contributed by atoms with Gasteiger partial charge in [0, 0.05) is 0 Å². The van der Waals surface area contributed by atoms with Crippen LogP contribution in [0.5, 0.6) is 0 Å². The van der Waals surface area contributed by atoms with E-state index in [1.807, 2.05) is 0 Å². The molecule has 0 unspecified atom stereocenters. The normalized spacial score (nSPS) is 9.50. The standard InChI is InChI=1S/C7H7BrN2O2/c1-2-12-7(11)5-3-4-6(8)10-9-5/h3-4H,2H2,1H3. The van der Waals surface area contributed by atoms with Crippen LogP contribution in [0.2, 0.25) is 0 Å². The van der Waals surface area contributed by atoms with E-state index >= 15 is 0 Å². The first-order chi connectivity index (χ1) is 5.74. The molecule has 1 heterocycles. The van der Waals surface area contributed by atoms with E-state index in [4.69, 9.17) is 4.74 Å². The molecule has 0 N–H and O–H groups in total. The van der Waals surface area contributed by atoms with Crippen molar-refractivity contribution in [3.63, 3.8) is 0 Å². The lowest BCUT2D eigenvalue weighted by Gasteiger charge is -1.98. The fourth-order valence-corrected chi connectivity index (χ4v) is 0.841. The number of ether oxygens (including phenoxy) is 1. The molecule has 5 heteroatoms. The zero-order valence-electron chi connectivity index (χ0n) is 6.45. The van der Waals surface area contributed by atoms with Gasteiger partial charge in [-0.1, -0.05) is 0 Å². The molecule has 1 aromatic heterocycles. The number of aromatic nitrogens is 2. The average Bonchev–Trinajstić information content (AvgIpc) is 2.06. The van der Waals surface area contributed by atoms with Gasteiger partial charge in [-0.05, 0) is 35.0 Å². The van der Waals surface area contributed by atoms with Crippen LogP contribution in [0.1, 0.15) is 17.4 Å². The SMILES string of the molecule is CCOC(=O)c1ccc(Br)nn1. The van der Waals surface area contributed by atoms with E-state index in [1.54, 1.807) is 19.1 Å². The highest BCUT2D eigenvalue weighted by Gasteiger charge is 2.07. The summed E-state index contributed by atoms with van der Waals surface area (Å²) in [5.74, 6) is -0.447. The molecule has 0 saturated heterocycles. The minimum atomic E-state index is -0.447. The molecule has 1 aromatic rings. The van der Waals surface area contributed by atoms with Crippen LogP contribution < -0.4 is 0 Å². The quantitative estimate of drug-likeness (QED) is 0.722. The highest BCUT2D eigenvalue weighted by atomic mass is 79.9. The number of hydrogen-bond acceptors (Lipinski definition) is 4. The molecule has 4 nitrogen and oxygen atoms in total. The van der Waals surface area contributed by atoms with Gasteiger partial charge in [-0.2, -0.15) is 0 Å². The second-order valence-electron chi connectivity index (χ2n) is 1.96. The van der Waals surface area contributed by atoms with Crippen LogP contribution in [0.25, 0.3) is 0 Å². The highest BCUT2D eigenvalue weighted by Crippen LogP contribution is 2.04. The number of carbonyl (C=O) groups excluding carboxylic acids is 1. The number of esters is 1. The first-order valence-electron chi connectivity index (χ1n) is 3.40. The summed E-state index contributed by atoms with van der Waals surface area (Å²) in [7, 11) is 0.